The van der Waals surface area contributed by atoms with E-state index in [1.165, 1.54) is 0 Å². The largest absolute Gasteiger partial charge is 0.389 e. The molecule has 3 heteroatoms. The summed E-state index contributed by atoms with van der Waals surface area (Å²) in [5, 5.41) is 13.1. The Hall–Kier alpha value is -0.120. The summed E-state index contributed by atoms with van der Waals surface area (Å²) in [6.45, 7) is 12.0. The van der Waals surface area contributed by atoms with E-state index in [-0.39, 0.29) is 23.1 Å². The summed E-state index contributed by atoms with van der Waals surface area (Å²) in [5.41, 5.74) is 0.154. The number of ether oxygens (including phenoxy) is 1. The number of hydrogen-bond acceptors (Lipinski definition) is 3. The monoisotopic (exact) mass is 201 g/mol. The van der Waals surface area contributed by atoms with Crippen LogP contribution < -0.4 is 5.32 Å². The van der Waals surface area contributed by atoms with E-state index in [4.69, 9.17) is 4.74 Å². The Balaban J connectivity index is 2.58. The third-order valence-corrected chi connectivity index (χ3v) is 3.47. The lowest BCUT2D eigenvalue weighted by Gasteiger charge is -2.42. The van der Waals surface area contributed by atoms with Crippen molar-refractivity contribution in [2.24, 2.45) is 5.41 Å². The van der Waals surface area contributed by atoms with E-state index >= 15 is 0 Å². The van der Waals surface area contributed by atoms with E-state index in [1.807, 2.05) is 0 Å². The average Bonchev–Trinajstić information content (AvgIpc) is 2.33. The van der Waals surface area contributed by atoms with Gasteiger partial charge in [0.05, 0.1) is 25.4 Å². The second-order valence-electron chi connectivity index (χ2n) is 5.73. The molecular weight excluding hydrogens is 178 g/mol. The van der Waals surface area contributed by atoms with Gasteiger partial charge in [-0.2, -0.15) is 0 Å². The highest BCUT2D eigenvalue weighted by Crippen LogP contribution is 2.30. The first kappa shape index (κ1) is 12.0. The SMILES string of the molecule is CC(C)(C)C(C)(C)NC1COCC1O. The minimum absolute atomic E-state index is 0.00759. The quantitative estimate of drug-likeness (QED) is 0.704. The molecule has 0 aliphatic carbocycles. The Labute approximate surface area is 86.8 Å². The summed E-state index contributed by atoms with van der Waals surface area (Å²) in [6, 6.07) is 0.0734. The minimum Gasteiger partial charge on any atom is -0.389 e. The van der Waals surface area contributed by atoms with E-state index in [9.17, 15) is 5.11 Å². The fraction of sp³-hybridized carbons (Fsp3) is 1.00. The molecule has 0 aromatic rings. The fourth-order valence-corrected chi connectivity index (χ4v) is 1.36. The van der Waals surface area contributed by atoms with Gasteiger partial charge in [-0.3, -0.25) is 0 Å². The first-order valence-corrected chi connectivity index (χ1v) is 5.27. The van der Waals surface area contributed by atoms with Crippen molar-refractivity contribution in [3.8, 4) is 0 Å². The highest BCUT2D eigenvalue weighted by atomic mass is 16.5. The number of hydrogen-bond donors (Lipinski definition) is 2. The molecule has 1 aliphatic heterocycles. The van der Waals surface area contributed by atoms with Gasteiger partial charge in [-0.1, -0.05) is 20.8 Å². The van der Waals surface area contributed by atoms with Crippen molar-refractivity contribution >= 4 is 0 Å². The molecule has 0 aromatic heterocycles. The zero-order valence-electron chi connectivity index (χ0n) is 9.92. The van der Waals surface area contributed by atoms with Crippen molar-refractivity contribution in [1.82, 2.24) is 5.32 Å². The second-order valence-corrected chi connectivity index (χ2v) is 5.73. The van der Waals surface area contributed by atoms with E-state index < -0.39 is 0 Å². The summed E-state index contributed by atoms with van der Waals surface area (Å²) >= 11 is 0. The molecule has 0 spiro atoms. The Morgan fingerprint density at radius 2 is 1.71 bits per heavy atom. The van der Waals surface area contributed by atoms with Gasteiger partial charge in [-0.15, -0.1) is 0 Å². The fourth-order valence-electron chi connectivity index (χ4n) is 1.36. The van der Waals surface area contributed by atoms with Crippen LogP contribution in [0.2, 0.25) is 0 Å². The van der Waals surface area contributed by atoms with Crippen LogP contribution in [0.3, 0.4) is 0 Å². The van der Waals surface area contributed by atoms with Gasteiger partial charge in [-0.05, 0) is 19.3 Å². The van der Waals surface area contributed by atoms with Gasteiger partial charge in [0.1, 0.15) is 0 Å². The average molecular weight is 201 g/mol. The predicted molar refractivity (Wildman–Crippen MR) is 57.3 cm³/mol. The van der Waals surface area contributed by atoms with Crippen molar-refractivity contribution in [2.75, 3.05) is 13.2 Å². The van der Waals surface area contributed by atoms with E-state index in [0.29, 0.717) is 13.2 Å². The van der Waals surface area contributed by atoms with Crippen LogP contribution in [0.1, 0.15) is 34.6 Å². The summed E-state index contributed by atoms with van der Waals surface area (Å²) in [6.07, 6.45) is -0.364. The molecule has 1 rings (SSSR count). The van der Waals surface area contributed by atoms with Gasteiger partial charge in [0, 0.05) is 5.54 Å². The van der Waals surface area contributed by atoms with Crippen LogP contribution >= 0.6 is 0 Å². The molecule has 1 fully saturated rings. The third-order valence-electron chi connectivity index (χ3n) is 3.47. The molecular formula is C11H23NO2. The summed E-state index contributed by atoms with van der Waals surface area (Å²) in [4.78, 5) is 0. The van der Waals surface area contributed by atoms with Crippen LogP contribution in [0.25, 0.3) is 0 Å². The Morgan fingerprint density at radius 3 is 2.07 bits per heavy atom. The van der Waals surface area contributed by atoms with Crippen molar-refractivity contribution in [1.29, 1.82) is 0 Å². The molecule has 1 aliphatic rings. The van der Waals surface area contributed by atoms with Crippen LogP contribution in [-0.2, 0) is 4.74 Å². The number of nitrogens with one attached hydrogen (secondary N) is 1. The first-order chi connectivity index (χ1) is 6.24. The summed E-state index contributed by atoms with van der Waals surface area (Å²) < 4.78 is 5.22. The third kappa shape index (κ3) is 2.47. The maximum Gasteiger partial charge on any atom is 0.0948 e. The van der Waals surface area contributed by atoms with Crippen molar-refractivity contribution in [3.05, 3.63) is 0 Å². The van der Waals surface area contributed by atoms with Gasteiger partial charge in [0.2, 0.25) is 0 Å². The summed E-state index contributed by atoms with van der Waals surface area (Å²) in [7, 11) is 0. The van der Waals surface area contributed by atoms with E-state index in [2.05, 4.69) is 39.9 Å². The lowest BCUT2D eigenvalue weighted by Crippen LogP contribution is -2.57. The topological polar surface area (TPSA) is 41.5 Å². The molecule has 84 valence electrons. The molecule has 2 unspecified atom stereocenters. The maximum absolute atomic E-state index is 9.63. The van der Waals surface area contributed by atoms with Crippen LogP contribution in [-0.4, -0.2) is 36.0 Å². The molecule has 0 radical (unpaired) electrons. The van der Waals surface area contributed by atoms with Crippen LogP contribution in [0, 0.1) is 5.41 Å². The van der Waals surface area contributed by atoms with Crippen molar-refractivity contribution < 1.29 is 9.84 Å². The number of aliphatic hydroxyl groups is 1. The Kier molecular flexibility index (Phi) is 3.24. The van der Waals surface area contributed by atoms with Gasteiger partial charge in [-0.25, -0.2) is 0 Å². The zero-order valence-corrected chi connectivity index (χ0v) is 9.92. The van der Waals surface area contributed by atoms with Crippen LogP contribution in [0.15, 0.2) is 0 Å². The van der Waals surface area contributed by atoms with Gasteiger partial charge < -0.3 is 15.2 Å². The van der Waals surface area contributed by atoms with Crippen LogP contribution in [0.4, 0.5) is 0 Å². The van der Waals surface area contributed by atoms with E-state index in [0.717, 1.165) is 0 Å². The predicted octanol–water partition coefficient (Wildman–Crippen LogP) is 1.16. The van der Waals surface area contributed by atoms with Crippen LogP contribution in [0.5, 0.6) is 0 Å². The lowest BCUT2D eigenvalue weighted by molar-refractivity contribution is 0.100. The second kappa shape index (κ2) is 3.80. The van der Waals surface area contributed by atoms with Gasteiger partial charge in [0.25, 0.3) is 0 Å². The smallest absolute Gasteiger partial charge is 0.0948 e. The molecule has 2 N–H and O–H groups in total. The highest BCUT2D eigenvalue weighted by molar-refractivity contribution is 4.95. The molecule has 2 atom stereocenters. The van der Waals surface area contributed by atoms with Crippen molar-refractivity contribution in [2.45, 2.75) is 52.3 Å². The molecule has 3 nitrogen and oxygen atoms in total. The summed E-state index contributed by atoms with van der Waals surface area (Å²) in [5.74, 6) is 0. The van der Waals surface area contributed by atoms with E-state index in [1.54, 1.807) is 0 Å². The zero-order chi connectivity index (χ0) is 11.0. The number of aliphatic hydroxyl groups excluding tert-OH is 1. The van der Waals surface area contributed by atoms with Gasteiger partial charge in [0.15, 0.2) is 0 Å². The number of rotatable bonds is 2. The Bertz CT molecular complexity index is 196. The van der Waals surface area contributed by atoms with Gasteiger partial charge >= 0.3 is 0 Å². The molecule has 1 saturated heterocycles. The lowest BCUT2D eigenvalue weighted by atomic mass is 9.76. The Morgan fingerprint density at radius 1 is 1.14 bits per heavy atom. The molecule has 0 bridgehead atoms. The molecule has 0 saturated carbocycles. The normalized spacial score (nSPS) is 29.6. The molecule has 1 heterocycles. The molecule has 0 aromatic carbocycles. The standard InChI is InChI=1S/C11H23NO2/c1-10(2,3)11(4,5)12-8-6-14-7-9(8)13/h8-9,12-13H,6-7H2,1-5H3. The first-order valence-electron chi connectivity index (χ1n) is 5.27. The minimum atomic E-state index is -0.364. The van der Waals surface area contributed by atoms with Crippen molar-refractivity contribution in [3.63, 3.8) is 0 Å². The highest BCUT2D eigenvalue weighted by Gasteiger charge is 2.37. The molecule has 0 amide bonds. The molecule has 14 heavy (non-hydrogen) atoms. The maximum atomic E-state index is 9.63.